The lowest BCUT2D eigenvalue weighted by molar-refractivity contribution is 0.0457. The van der Waals surface area contributed by atoms with Crippen LogP contribution in [0.15, 0.2) is 6.07 Å². The number of ether oxygens (including phenoxy) is 3. The highest BCUT2D eigenvalue weighted by atomic mass is 32.1. The zero-order valence-electron chi connectivity index (χ0n) is 14.2. The van der Waals surface area contributed by atoms with E-state index in [9.17, 15) is 14.4 Å². The average Bonchev–Trinajstić information content (AvgIpc) is 3.31. The molecule has 0 aliphatic heterocycles. The number of anilines is 1. The van der Waals surface area contributed by atoms with Crippen molar-refractivity contribution in [2.24, 2.45) is 0 Å². The second-order valence-electron chi connectivity index (χ2n) is 5.62. The maximum Gasteiger partial charge on any atom is 0.348 e. The van der Waals surface area contributed by atoms with Crippen molar-refractivity contribution >= 4 is 45.6 Å². The van der Waals surface area contributed by atoms with Gasteiger partial charge in [-0.1, -0.05) is 0 Å². The number of aryl methyl sites for hydroxylation is 2. The van der Waals surface area contributed by atoms with E-state index in [0.29, 0.717) is 4.88 Å². The number of hydrogen-bond acceptors (Lipinski definition) is 9. The smallest absolute Gasteiger partial charge is 0.348 e. The first-order chi connectivity index (χ1) is 12.5. The van der Waals surface area contributed by atoms with E-state index in [1.807, 2.05) is 6.07 Å². The monoisotopic (exact) mass is 395 g/mol. The number of methoxy groups -OCH3 is 2. The van der Waals surface area contributed by atoms with Crippen molar-refractivity contribution in [2.75, 3.05) is 20.0 Å². The molecule has 138 valence electrons. The number of carbonyl (C=O) groups is 3. The first-order valence-corrected chi connectivity index (χ1v) is 9.46. The largest absolute Gasteiger partial charge is 0.465 e. The number of fused-ring (bicyclic) bond motifs is 1. The number of rotatable bonds is 5. The Kier molecular flexibility index (Phi) is 5.28. The van der Waals surface area contributed by atoms with Crippen molar-refractivity contribution in [2.45, 2.75) is 25.9 Å². The molecule has 0 saturated carbocycles. The van der Waals surface area contributed by atoms with Crippen LogP contribution in [0.5, 0.6) is 0 Å². The van der Waals surface area contributed by atoms with Crippen molar-refractivity contribution in [1.29, 1.82) is 0 Å². The number of thiophene rings is 2. The molecule has 0 fully saturated rings. The maximum absolute atomic E-state index is 12.4. The molecule has 0 saturated heterocycles. The summed E-state index contributed by atoms with van der Waals surface area (Å²) in [6.45, 7) is -0.274. The SMILES string of the molecule is COC(=O)c1sc(N)c(C(=O)OC)c1COC(=O)c1cc2c(s1)CCC2. The summed E-state index contributed by atoms with van der Waals surface area (Å²) >= 11 is 2.32. The van der Waals surface area contributed by atoms with Crippen LogP contribution in [0.3, 0.4) is 0 Å². The van der Waals surface area contributed by atoms with Gasteiger partial charge in [0, 0.05) is 10.4 Å². The van der Waals surface area contributed by atoms with Gasteiger partial charge in [0.1, 0.15) is 26.9 Å². The molecule has 0 radical (unpaired) electrons. The lowest BCUT2D eigenvalue weighted by Crippen LogP contribution is -2.12. The summed E-state index contributed by atoms with van der Waals surface area (Å²) in [7, 11) is 2.43. The molecule has 2 heterocycles. The molecule has 2 aromatic rings. The van der Waals surface area contributed by atoms with Crippen LogP contribution >= 0.6 is 22.7 Å². The van der Waals surface area contributed by atoms with E-state index in [2.05, 4.69) is 0 Å². The number of esters is 3. The molecule has 9 heteroatoms. The second kappa shape index (κ2) is 7.46. The molecule has 2 N–H and O–H groups in total. The molecule has 7 nitrogen and oxygen atoms in total. The lowest BCUT2D eigenvalue weighted by Gasteiger charge is -2.07. The van der Waals surface area contributed by atoms with Crippen molar-refractivity contribution in [3.8, 4) is 0 Å². The highest BCUT2D eigenvalue weighted by Gasteiger charge is 2.28. The van der Waals surface area contributed by atoms with Crippen LogP contribution in [0.2, 0.25) is 0 Å². The maximum atomic E-state index is 12.4. The quantitative estimate of drug-likeness (QED) is 0.613. The Hall–Kier alpha value is -2.39. The van der Waals surface area contributed by atoms with Gasteiger partial charge in [-0.05, 0) is 30.9 Å². The van der Waals surface area contributed by atoms with Gasteiger partial charge in [0.2, 0.25) is 0 Å². The third-order valence-electron chi connectivity index (χ3n) is 4.09. The minimum atomic E-state index is -0.699. The van der Waals surface area contributed by atoms with Gasteiger partial charge in [0.15, 0.2) is 0 Å². The Morgan fingerprint density at radius 3 is 2.46 bits per heavy atom. The van der Waals surface area contributed by atoms with Crippen LogP contribution < -0.4 is 5.73 Å². The van der Waals surface area contributed by atoms with Gasteiger partial charge < -0.3 is 19.9 Å². The summed E-state index contributed by atoms with van der Waals surface area (Å²) in [5, 5.41) is 0.110. The van der Waals surface area contributed by atoms with E-state index in [0.717, 1.165) is 30.6 Å². The van der Waals surface area contributed by atoms with E-state index < -0.39 is 17.9 Å². The summed E-state index contributed by atoms with van der Waals surface area (Å²) in [6.07, 6.45) is 3.06. The van der Waals surface area contributed by atoms with Crippen LogP contribution in [0.25, 0.3) is 0 Å². The van der Waals surface area contributed by atoms with Crippen LogP contribution in [-0.2, 0) is 33.7 Å². The van der Waals surface area contributed by atoms with Gasteiger partial charge in [-0.15, -0.1) is 22.7 Å². The minimum Gasteiger partial charge on any atom is -0.465 e. The molecule has 1 aliphatic rings. The summed E-state index contributed by atoms with van der Waals surface area (Å²) in [6, 6.07) is 1.85. The standard InChI is InChI=1S/C17H17NO6S2/c1-22-16(20)12-9(13(17(21)23-2)26-14(12)18)7-24-15(19)11-6-8-4-3-5-10(8)25-11/h6H,3-5,7,18H2,1-2H3. The van der Waals surface area contributed by atoms with Gasteiger partial charge in [-0.25, -0.2) is 14.4 Å². The Morgan fingerprint density at radius 1 is 1.08 bits per heavy atom. The van der Waals surface area contributed by atoms with Crippen molar-refractivity contribution in [1.82, 2.24) is 0 Å². The van der Waals surface area contributed by atoms with E-state index in [1.165, 1.54) is 36.0 Å². The fraction of sp³-hybridized carbons (Fsp3) is 0.353. The average molecular weight is 395 g/mol. The van der Waals surface area contributed by atoms with E-state index >= 15 is 0 Å². The molecule has 0 aromatic carbocycles. The van der Waals surface area contributed by atoms with Crippen LogP contribution in [0, 0.1) is 0 Å². The summed E-state index contributed by atoms with van der Waals surface area (Å²) in [5.41, 5.74) is 7.26. The number of nitrogen functional groups attached to an aromatic ring is 1. The summed E-state index contributed by atoms with van der Waals surface area (Å²) in [4.78, 5) is 38.2. The van der Waals surface area contributed by atoms with E-state index in [1.54, 1.807) is 0 Å². The van der Waals surface area contributed by atoms with E-state index in [4.69, 9.17) is 19.9 Å². The molecule has 0 amide bonds. The first kappa shape index (κ1) is 18.4. The van der Waals surface area contributed by atoms with E-state index in [-0.39, 0.29) is 27.6 Å². The number of carbonyl (C=O) groups excluding carboxylic acids is 3. The van der Waals surface area contributed by atoms with Crippen LogP contribution in [0.1, 0.15) is 52.1 Å². The topological polar surface area (TPSA) is 105 Å². The molecular weight excluding hydrogens is 378 g/mol. The molecule has 0 bridgehead atoms. The Bertz CT molecular complexity index is 861. The number of nitrogens with two attached hydrogens (primary N) is 1. The summed E-state index contributed by atoms with van der Waals surface area (Å²) < 4.78 is 14.8. The normalized spacial score (nSPS) is 12.5. The Morgan fingerprint density at radius 2 is 1.81 bits per heavy atom. The fourth-order valence-electron chi connectivity index (χ4n) is 2.84. The third-order valence-corrected chi connectivity index (χ3v) is 6.35. The highest BCUT2D eigenvalue weighted by molar-refractivity contribution is 7.18. The van der Waals surface area contributed by atoms with Gasteiger partial charge in [-0.2, -0.15) is 0 Å². The molecule has 3 rings (SSSR count). The summed E-state index contributed by atoms with van der Waals surface area (Å²) in [5.74, 6) is -1.85. The van der Waals surface area contributed by atoms with Gasteiger partial charge in [-0.3, -0.25) is 0 Å². The Balaban J connectivity index is 1.84. The van der Waals surface area contributed by atoms with Crippen LogP contribution in [0.4, 0.5) is 5.00 Å². The molecule has 0 atom stereocenters. The first-order valence-electron chi connectivity index (χ1n) is 7.82. The van der Waals surface area contributed by atoms with Crippen molar-refractivity contribution in [3.63, 3.8) is 0 Å². The fourth-order valence-corrected chi connectivity index (χ4v) is 4.97. The molecule has 0 spiro atoms. The highest BCUT2D eigenvalue weighted by Crippen LogP contribution is 2.34. The zero-order chi connectivity index (χ0) is 18.8. The van der Waals surface area contributed by atoms with Crippen molar-refractivity contribution < 1.29 is 28.6 Å². The number of hydrogen-bond donors (Lipinski definition) is 1. The third kappa shape index (κ3) is 3.32. The van der Waals surface area contributed by atoms with Gasteiger partial charge >= 0.3 is 17.9 Å². The molecule has 26 heavy (non-hydrogen) atoms. The minimum absolute atomic E-state index is 0.0272. The van der Waals surface area contributed by atoms with Crippen molar-refractivity contribution in [3.05, 3.63) is 37.4 Å². The molecule has 1 aliphatic carbocycles. The zero-order valence-corrected chi connectivity index (χ0v) is 15.9. The predicted octanol–water partition coefficient (Wildman–Crippen LogP) is 2.81. The lowest BCUT2D eigenvalue weighted by atomic mass is 10.1. The Labute approximate surface area is 157 Å². The predicted molar refractivity (Wildman–Crippen MR) is 96.9 cm³/mol. The van der Waals surface area contributed by atoms with Crippen LogP contribution in [-0.4, -0.2) is 32.1 Å². The molecule has 2 aromatic heterocycles. The van der Waals surface area contributed by atoms with Gasteiger partial charge in [0.25, 0.3) is 0 Å². The molecule has 0 unspecified atom stereocenters. The second-order valence-corrected chi connectivity index (χ2v) is 7.81. The van der Waals surface area contributed by atoms with Gasteiger partial charge in [0.05, 0.1) is 14.2 Å². The molecular formula is C17H17NO6S2.